The third-order valence-electron chi connectivity index (χ3n) is 3.16. The van der Waals surface area contributed by atoms with Gasteiger partial charge in [-0.1, -0.05) is 27.7 Å². The molecule has 1 N–H and O–H groups in total. The molecule has 2 nitrogen and oxygen atoms in total. The predicted molar refractivity (Wildman–Crippen MR) is 57.9 cm³/mol. The average molecular weight is 187 g/mol. The summed E-state index contributed by atoms with van der Waals surface area (Å²) in [4.78, 5) is 2.37. The Morgan fingerprint density at radius 3 is 2.08 bits per heavy atom. The number of aliphatic hydroxyl groups excluding tert-OH is 1. The van der Waals surface area contributed by atoms with E-state index in [2.05, 4.69) is 39.5 Å². The minimum absolute atomic E-state index is 0.0508. The SMILES string of the molecule is CCCN(CC)C(C)(CO)C(C)C. The third kappa shape index (κ3) is 2.96. The first kappa shape index (κ1) is 12.9. The van der Waals surface area contributed by atoms with Crippen LogP contribution in [-0.4, -0.2) is 35.2 Å². The van der Waals surface area contributed by atoms with Gasteiger partial charge in [-0.25, -0.2) is 0 Å². The van der Waals surface area contributed by atoms with Gasteiger partial charge in [0, 0.05) is 5.54 Å². The van der Waals surface area contributed by atoms with Gasteiger partial charge in [-0.15, -0.1) is 0 Å². The summed E-state index contributed by atoms with van der Waals surface area (Å²) in [5, 5.41) is 9.44. The van der Waals surface area contributed by atoms with E-state index >= 15 is 0 Å². The zero-order valence-electron chi connectivity index (χ0n) is 9.80. The summed E-state index contributed by atoms with van der Waals surface area (Å²) in [7, 11) is 0. The maximum atomic E-state index is 9.44. The first-order chi connectivity index (χ1) is 6.02. The smallest absolute Gasteiger partial charge is 0.0615 e. The van der Waals surface area contributed by atoms with Crippen LogP contribution in [0.1, 0.15) is 41.0 Å². The Morgan fingerprint density at radius 2 is 1.85 bits per heavy atom. The van der Waals surface area contributed by atoms with Gasteiger partial charge in [-0.2, -0.15) is 0 Å². The minimum atomic E-state index is -0.0508. The summed E-state index contributed by atoms with van der Waals surface area (Å²) in [6, 6.07) is 0. The van der Waals surface area contributed by atoms with Crippen molar-refractivity contribution in [3.8, 4) is 0 Å². The topological polar surface area (TPSA) is 23.5 Å². The van der Waals surface area contributed by atoms with Crippen molar-refractivity contribution in [2.24, 2.45) is 5.92 Å². The van der Waals surface area contributed by atoms with Crippen molar-refractivity contribution < 1.29 is 5.11 Å². The van der Waals surface area contributed by atoms with Crippen LogP contribution in [-0.2, 0) is 0 Å². The Kier molecular flexibility index (Phi) is 5.57. The molecular formula is C11H25NO. The molecule has 0 spiro atoms. The Balaban J connectivity index is 4.48. The standard InChI is InChI=1S/C11H25NO/c1-6-8-12(7-2)11(5,9-13)10(3)4/h10,13H,6-9H2,1-5H3. The second-order valence-corrected chi connectivity index (χ2v) is 4.25. The lowest BCUT2D eigenvalue weighted by Crippen LogP contribution is -2.53. The van der Waals surface area contributed by atoms with Gasteiger partial charge in [0.1, 0.15) is 0 Å². The Morgan fingerprint density at radius 1 is 1.31 bits per heavy atom. The summed E-state index contributed by atoms with van der Waals surface area (Å²) in [5.41, 5.74) is -0.0508. The molecule has 0 aliphatic heterocycles. The highest BCUT2D eigenvalue weighted by Crippen LogP contribution is 2.24. The molecule has 0 bridgehead atoms. The van der Waals surface area contributed by atoms with E-state index in [0.29, 0.717) is 5.92 Å². The number of hydrogen-bond acceptors (Lipinski definition) is 2. The minimum Gasteiger partial charge on any atom is -0.394 e. The van der Waals surface area contributed by atoms with Crippen molar-refractivity contribution >= 4 is 0 Å². The molecule has 0 fully saturated rings. The quantitative estimate of drug-likeness (QED) is 0.688. The maximum absolute atomic E-state index is 9.44. The first-order valence-corrected chi connectivity index (χ1v) is 5.38. The highest BCUT2D eigenvalue weighted by atomic mass is 16.3. The predicted octanol–water partition coefficient (Wildman–Crippen LogP) is 2.13. The van der Waals surface area contributed by atoms with Crippen LogP contribution in [0.2, 0.25) is 0 Å². The van der Waals surface area contributed by atoms with Crippen LogP contribution in [0.15, 0.2) is 0 Å². The summed E-state index contributed by atoms with van der Waals surface area (Å²) in [5.74, 6) is 0.490. The van der Waals surface area contributed by atoms with E-state index in [9.17, 15) is 5.11 Å². The van der Waals surface area contributed by atoms with Crippen LogP contribution in [0.5, 0.6) is 0 Å². The first-order valence-electron chi connectivity index (χ1n) is 5.38. The molecule has 1 atom stereocenters. The molecule has 0 amide bonds. The van der Waals surface area contributed by atoms with E-state index < -0.39 is 0 Å². The summed E-state index contributed by atoms with van der Waals surface area (Å²) >= 11 is 0. The van der Waals surface area contributed by atoms with Crippen LogP contribution in [0, 0.1) is 5.92 Å². The summed E-state index contributed by atoms with van der Waals surface area (Å²) in [6.45, 7) is 13.2. The number of likely N-dealkylation sites (N-methyl/N-ethyl adjacent to an activating group) is 1. The molecule has 0 heterocycles. The zero-order valence-corrected chi connectivity index (χ0v) is 9.80. The molecule has 0 aromatic rings. The van der Waals surface area contributed by atoms with Crippen molar-refractivity contribution in [3.63, 3.8) is 0 Å². The van der Waals surface area contributed by atoms with Gasteiger partial charge in [0.25, 0.3) is 0 Å². The van der Waals surface area contributed by atoms with Gasteiger partial charge in [0.05, 0.1) is 6.61 Å². The van der Waals surface area contributed by atoms with Gasteiger partial charge < -0.3 is 5.11 Å². The van der Waals surface area contributed by atoms with Gasteiger partial charge >= 0.3 is 0 Å². The van der Waals surface area contributed by atoms with Crippen LogP contribution >= 0.6 is 0 Å². The van der Waals surface area contributed by atoms with Gasteiger partial charge in [-0.3, -0.25) is 4.90 Å². The second kappa shape index (κ2) is 5.61. The average Bonchev–Trinajstić information content (AvgIpc) is 2.12. The van der Waals surface area contributed by atoms with Crippen molar-refractivity contribution in [1.82, 2.24) is 4.90 Å². The number of nitrogens with zero attached hydrogens (tertiary/aromatic N) is 1. The fourth-order valence-electron chi connectivity index (χ4n) is 1.69. The third-order valence-corrected chi connectivity index (χ3v) is 3.16. The van der Waals surface area contributed by atoms with E-state index in [1.165, 1.54) is 0 Å². The van der Waals surface area contributed by atoms with E-state index in [4.69, 9.17) is 0 Å². The van der Waals surface area contributed by atoms with Gasteiger partial charge in [-0.05, 0) is 32.4 Å². The molecule has 0 aliphatic rings. The fourth-order valence-corrected chi connectivity index (χ4v) is 1.69. The van der Waals surface area contributed by atoms with Crippen molar-refractivity contribution in [2.75, 3.05) is 19.7 Å². The molecule has 2 heteroatoms. The zero-order chi connectivity index (χ0) is 10.5. The summed E-state index contributed by atoms with van der Waals surface area (Å²) < 4.78 is 0. The number of aliphatic hydroxyl groups is 1. The van der Waals surface area contributed by atoms with Crippen LogP contribution in [0.4, 0.5) is 0 Å². The lowest BCUT2D eigenvalue weighted by atomic mass is 9.87. The molecular weight excluding hydrogens is 162 g/mol. The van der Waals surface area contributed by atoms with Gasteiger partial charge in [0.2, 0.25) is 0 Å². The maximum Gasteiger partial charge on any atom is 0.0615 e. The lowest BCUT2D eigenvalue weighted by molar-refractivity contribution is 0.0115. The van der Waals surface area contributed by atoms with E-state index in [1.54, 1.807) is 0 Å². The second-order valence-electron chi connectivity index (χ2n) is 4.25. The molecule has 0 aromatic carbocycles. The molecule has 0 rings (SSSR count). The van der Waals surface area contributed by atoms with Crippen LogP contribution in [0.25, 0.3) is 0 Å². The molecule has 80 valence electrons. The molecule has 0 saturated carbocycles. The molecule has 0 aromatic heterocycles. The number of hydrogen-bond donors (Lipinski definition) is 1. The van der Waals surface area contributed by atoms with Crippen molar-refractivity contribution in [1.29, 1.82) is 0 Å². The molecule has 13 heavy (non-hydrogen) atoms. The highest BCUT2D eigenvalue weighted by Gasteiger charge is 2.32. The lowest BCUT2D eigenvalue weighted by Gasteiger charge is -2.42. The number of rotatable bonds is 6. The molecule has 0 aliphatic carbocycles. The summed E-state index contributed by atoms with van der Waals surface area (Å²) in [6.07, 6.45) is 1.15. The van der Waals surface area contributed by atoms with Crippen molar-refractivity contribution in [3.05, 3.63) is 0 Å². The van der Waals surface area contributed by atoms with E-state index in [-0.39, 0.29) is 12.1 Å². The molecule has 1 unspecified atom stereocenters. The largest absolute Gasteiger partial charge is 0.394 e. The Labute approximate surface area is 82.9 Å². The fraction of sp³-hybridized carbons (Fsp3) is 1.00. The highest BCUT2D eigenvalue weighted by molar-refractivity contribution is 4.87. The Bertz CT molecular complexity index is 136. The van der Waals surface area contributed by atoms with E-state index in [0.717, 1.165) is 19.5 Å². The molecule has 0 radical (unpaired) electrons. The molecule has 0 saturated heterocycles. The normalized spacial score (nSPS) is 16.6. The van der Waals surface area contributed by atoms with Crippen LogP contribution < -0.4 is 0 Å². The monoisotopic (exact) mass is 187 g/mol. The van der Waals surface area contributed by atoms with Crippen molar-refractivity contribution in [2.45, 2.75) is 46.6 Å². The van der Waals surface area contributed by atoms with Gasteiger partial charge in [0.15, 0.2) is 0 Å². The Hall–Kier alpha value is -0.0800. The van der Waals surface area contributed by atoms with E-state index in [1.807, 2.05) is 0 Å². The van der Waals surface area contributed by atoms with Crippen LogP contribution in [0.3, 0.4) is 0 Å².